The number of ether oxygens (including phenoxy) is 1. The van der Waals surface area contributed by atoms with Crippen LogP contribution in [-0.4, -0.2) is 13.7 Å². The van der Waals surface area contributed by atoms with Crippen molar-refractivity contribution in [3.63, 3.8) is 0 Å². The average molecular weight is 295 g/mol. The summed E-state index contributed by atoms with van der Waals surface area (Å²) in [5, 5.41) is 3.10. The maximum atomic E-state index is 13.4. The summed E-state index contributed by atoms with van der Waals surface area (Å²) in [7, 11) is 1.75. The summed E-state index contributed by atoms with van der Waals surface area (Å²) in [5.74, 6) is -0.176. The quantitative estimate of drug-likeness (QED) is 0.898. The van der Waals surface area contributed by atoms with E-state index in [1.165, 1.54) is 12.1 Å². The zero-order chi connectivity index (χ0) is 15.4. The Balaban J connectivity index is 2.34. The van der Waals surface area contributed by atoms with Gasteiger partial charge in [-0.15, -0.1) is 0 Å². The topological polar surface area (TPSA) is 21.3 Å². The van der Waals surface area contributed by atoms with Crippen molar-refractivity contribution in [2.75, 3.05) is 7.05 Å². The molecule has 1 unspecified atom stereocenters. The fourth-order valence-corrected chi connectivity index (χ4v) is 2.24. The number of hydrogen-bond donors (Lipinski definition) is 1. The van der Waals surface area contributed by atoms with E-state index in [0.717, 1.165) is 11.1 Å². The van der Waals surface area contributed by atoms with Crippen molar-refractivity contribution < 1.29 is 17.9 Å². The van der Waals surface area contributed by atoms with E-state index in [2.05, 4.69) is 10.1 Å². The van der Waals surface area contributed by atoms with Crippen molar-refractivity contribution in [3.8, 4) is 5.75 Å². The van der Waals surface area contributed by atoms with Crippen molar-refractivity contribution in [2.24, 2.45) is 0 Å². The van der Waals surface area contributed by atoms with E-state index >= 15 is 0 Å². The van der Waals surface area contributed by atoms with Crippen LogP contribution < -0.4 is 10.1 Å². The Kier molecular flexibility index (Phi) is 4.85. The second kappa shape index (κ2) is 6.63. The van der Waals surface area contributed by atoms with E-state index in [4.69, 9.17) is 0 Å². The molecule has 1 N–H and O–H groups in total. The second-order valence-electron chi connectivity index (χ2n) is 4.68. The van der Waals surface area contributed by atoms with Gasteiger partial charge in [-0.25, -0.2) is 4.39 Å². The number of aryl methyl sites for hydroxylation is 1. The van der Waals surface area contributed by atoms with E-state index in [-0.39, 0.29) is 17.6 Å². The lowest BCUT2D eigenvalue weighted by Crippen LogP contribution is -2.18. The highest BCUT2D eigenvalue weighted by atomic mass is 19.3. The van der Waals surface area contributed by atoms with Crippen LogP contribution in [0.3, 0.4) is 0 Å². The summed E-state index contributed by atoms with van der Waals surface area (Å²) in [6, 6.07) is 11.0. The monoisotopic (exact) mass is 295 g/mol. The Labute approximate surface area is 121 Å². The minimum Gasteiger partial charge on any atom is -0.435 e. The highest BCUT2D eigenvalue weighted by molar-refractivity contribution is 5.38. The summed E-state index contributed by atoms with van der Waals surface area (Å²) in [6.45, 7) is -1.18. The van der Waals surface area contributed by atoms with E-state index in [0.29, 0.717) is 5.56 Å². The average Bonchev–Trinajstić information content (AvgIpc) is 2.43. The van der Waals surface area contributed by atoms with Gasteiger partial charge in [-0.05, 0) is 48.9 Å². The standard InChI is InChI=1S/C16H16F3NO/c1-10-8-12(6-7-14(10)17)15(20-2)11-4-3-5-13(9-11)21-16(18)19/h3-9,15-16,20H,1-2H3. The lowest BCUT2D eigenvalue weighted by Gasteiger charge is -2.19. The molecule has 0 saturated heterocycles. The molecular formula is C16H16F3NO. The van der Waals surface area contributed by atoms with E-state index in [1.54, 1.807) is 44.3 Å². The van der Waals surface area contributed by atoms with Crippen molar-refractivity contribution >= 4 is 0 Å². The Morgan fingerprint density at radius 3 is 2.38 bits per heavy atom. The van der Waals surface area contributed by atoms with Crippen LogP contribution in [0.2, 0.25) is 0 Å². The van der Waals surface area contributed by atoms with Crippen LogP contribution in [0, 0.1) is 12.7 Å². The third-order valence-electron chi connectivity index (χ3n) is 3.22. The molecule has 2 aromatic carbocycles. The number of alkyl halides is 2. The fraction of sp³-hybridized carbons (Fsp3) is 0.250. The molecule has 112 valence electrons. The minimum atomic E-state index is -2.86. The maximum absolute atomic E-state index is 13.4. The van der Waals surface area contributed by atoms with Gasteiger partial charge in [-0.1, -0.05) is 24.3 Å². The molecule has 0 aliphatic carbocycles. The molecule has 0 bridgehead atoms. The smallest absolute Gasteiger partial charge is 0.387 e. The Morgan fingerprint density at radius 1 is 1.05 bits per heavy atom. The molecule has 0 radical (unpaired) electrons. The molecule has 0 fully saturated rings. The summed E-state index contributed by atoms with van der Waals surface area (Å²) in [5.41, 5.74) is 2.15. The predicted octanol–water partition coefficient (Wildman–Crippen LogP) is 4.04. The fourth-order valence-electron chi connectivity index (χ4n) is 2.24. The highest BCUT2D eigenvalue weighted by Crippen LogP contribution is 2.26. The first-order valence-corrected chi connectivity index (χ1v) is 6.49. The zero-order valence-corrected chi connectivity index (χ0v) is 11.7. The minimum absolute atomic E-state index is 0.0987. The van der Waals surface area contributed by atoms with Crippen LogP contribution >= 0.6 is 0 Å². The van der Waals surface area contributed by atoms with Crippen LogP contribution in [-0.2, 0) is 0 Å². The van der Waals surface area contributed by atoms with Gasteiger partial charge in [0.1, 0.15) is 11.6 Å². The lowest BCUT2D eigenvalue weighted by molar-refractivity contribution is -0.0498. The van der Waals surface area contributed by atoms with Crippen molar-refractivity contribution in [2.45, 2.75) is 19.6 Å². The molecule has 0 saturated carbocycles. The van der Waals surface area contributed by atoms with Gasteiger partial charge in [-0.3, -0.25) is 0 Å². The van der Waals surface area contributed by atoms with Crippen molar-refractivity contribution in [1.82, 2.24) is 5.32 Å². The van der Waals surface area contributed by atoms with Crippen LogP contribution in [0.1, 0.15) is 22.7 Å². The zero-order valence-electron chi connectivity index (χ0n) is 11.7. The van der Waals surface area contributed by atoms with Crippen LogP contribution in [0.4, 0.5) is 13.2 Å². The molecule has 0 spiro atoms. The van der Waals surface area contributed by atoms with Gasteiger partial charge in [0.2, 0.25) is 0 Å². The molecule has 0 aliphatic heterocycles. The first-order valence-electron chi connectivity index (χ1n) is 6.49. The number of rotatable bonds is 5. The molecule has 0 heterocycles. The van der Waals surface area contributed by atoms with Gasteiger partial charge in [0.05, 0.1) is 6.04 Å². The number of benzene rings is 2. The number of nitrogens with one attached hydrogen (secondary N) is 1. The van der Waals surface area contributed by atoms with E-state index < -0.39 is 6.61 Å². The number of halogens is 3. The van der Waals surface area contributed by atoms with Crippen LogP contribution in [0.25, 0.3) is 0 Å². The highest BCUT2D eigenvalue weighted by Gasteiger charge is 2.14. The van der Waals surface area contributed by atoms with Gasteiger partial charge in [-0.2, -0.15) is 8.78 Å². The molecule has 2 nitrogen and oxygen atoms in total. The summed E-state index contributed by atoms with van der Waals surface area (Å²) in [4.78, 5) is 0. The van der Waals surface area contributed by atoms with Crippen molar-refractivity contribution in [1.29, 1.82) is 0 Å². The number of hydrogen-bond acceptors (Lipinski definition) is 2. The molecule has 1 atom stereocenters. The molecule has 2 rings (SSSR count). The largest absolute Gasteiger partial charge is 0.435 e. The van der Waals surface area contributed by atoms with Crippen LogP contribution in [0.5, 0.6) is 5.75 Å². The molecule has 0 aliphatic rings. The Hall–Kier alpha value is -2.01. The van der Waals surface area contributed by atoms with Gasteiger partial charge < -0.3 is 10.1 Å². The summed E-state index contributed by atoms with van der Waals surface area (Å²) >= 11 is 0. The van der Waals surface area contributed by atoms with Gasteiger partial charge in [0.25, 0.3) is 0 Å². The first kappa shape index (κ1) is 15.4. The first-order chi connectivity index (χ1) is 10.0. The molecular weight excluding hydrogens is 279 g/mol. The maximum Gasteiger partial charge on any atom is 0.387 e. The molecule has 0 aromatic heterocycles. The second-order valence-corrected chi connectivity index (χ2v) is 4.68. The van der Waals surface area contributed by atoms with Gasteiger partial charge in [0.15, 0.2) is 0 Å². The third kappa shape index (κ3) is 3.76. The molecule has 21 heavy (non-hydrogen) atoms. The summed E-state index contributed by atoms with van der Waals surface area (Å²) in [6.07, 6.45) is 0. The predicted molar refractivity (Wildman–Crippen MR) is 75.1 cm³/mol. The summed E-state index contributed by atoms with van der Waals surface area (Å²) < 4.78 is 42.3. The van der Waals surface area contributed by atoms with E-state index in [9.17, 15) is 13.2 Å². The molecule has 5 heteroatoms. The van der Waals surface area contributed by atoms with Crippen molar-refractivity contribution in [3.05, 3.63) is 65.0 Å². The molecule has 2 aromatic rings. The van der Waals surface area contributed by atoms with Crippen LogP contribution in [0.15, 0.2) is 42.5 Å². The third-order valence-corrected chi connectivity index (χ3v) is 3.22. The van der Waals surface area contributed by atoms with E-state index in [1.807, 2.05) is 0 Å². The normalized spacial score (nSPS) is 12.5. The molecule has 0 amide bonds. The van der Waals surface area contributed by atoms with Gasteiger partial charge >= 0.3 is 6.61 Å². The Bertz CT molecular complexity index is 616. The SMILES string of the molecule is CNC(c1cccc(OC(F)F)c1)c1ccc(F)c(C)c1. The van der Waals surface area contributed by atoms with Gasteiger partial charge in [0, 0.05) is 0 Å². The lowest BCUT2D eigenvalue weighted by atomic mass is 9.97. The Morgan fingerprint density at radius 2 is 1.76 bits per heavy atom.